The van der Waals surface area contributed by atoms with Gasteiger partial charge in [0.25, 0.3) is 0 Å². The molecule has 88 valence electrons. The van der Waals surface area contributed by atoms with Crippen LogP contribution in [0.2, 0.25) is 0 Å². The number of terminal acetylenes is 1. The zero-order valence-corrected chi connectivity index (χ0v) is 9.35. The van der Waals surface area contributed by atoms with Gasteiger partial charge in [0.1, 0.15) is 0 Å². The van der Waals surface area contributed by atoms with E-state index in [1.54, 1.807) is 11.9 Å². The van der Waals surface area contributed by atoms with Gasteiger partial charge in [-0.2, -0.15) is 0 Å². The van der Waals surface area contributed by atoms with Gasteiger partial charge in [0.15, 0.2) is 0 Å². The van der Waals surface area contributed by atoms with Crippen LogP contribution in [-0.4, -0.2) is 53.6 Å². The lowest BCUT2D eigenvalue weighted by Gasteiger charge is -2.33. The molecule has 0 radical (unpaired) electrons. The smallest absolute Gasteiger partial charge is 0.320 e. The highest BCUT2D eigenvalue weighted by Gasteiger charge is 2.29. The Morgan fingerprint density at radius 1 is 1.62 bits per heavy atom. The minimum atomic E-state index is -0.836. The summed E-state index contributed by atoms with van der Waals surface area (Å²) in [5.74, 6) is 1.10. The third kappa shape index (κ3) is 2.89. The maximum Gasteiger partial charge on any atom is 0.320 e. The number of amides is 2. The molecule has 1 aliphatic rings. The fourth-order valence-electron chi connectivity index (χ4n) is 1.80. The van der Waals surface area contributed by atoms with Gasteiger partial charge >= 0.3 is 12.0 Å². The van der Waals surface area contributed by atoms with Crippen molar-refractivity contribution >= 4 is 12.0 Å². The summed E-state index contributed by atoms with van der Waals surface area (Å²) in [5.41, 5.74) is 0. The lowest BCUT2D eigenvalue weighted by Crippen LogP contribution is -2.47. The number of piperidine rings is 1. The number of nitrogens with zero attached hydrogens (tertiary/aromatic N) is 2. The number of aliphatic carboxylic acids is 1. The molecule has 0 aromatic carbocycles. The molecule has 1 N–H and O–H groups in total. The van der Waals surface area contributed by atoms with Gasteiger partial charge in [-0.05, 0) is 12.8 Å². The summed E-state index contributed by atoms with van der Waals surface area (Å²) in [5, 5.41) is 8.90. The Morgan fingerprint density at radius 2 is 2.31 bits per heavy atom. The Hall–Kier alpha value is -1.70. The second kappa shape index (κ2) is 5.40. The summed E-state index contributed by atoms with van der Waals surface area (Å²) in [6, 6.07) is -0.191. The first-order chi connectivity index (χ1) is 7.56. The topological polar surface area (TPSA) is 60.9 Å². The third-order valence-corrected chi connectivity index (χ3v) is 2.70. The van der Waals surface area contributed by atoms with E-state index >= 15 is 0 Å². The van der Waals surface area contributed by atoms with Crippen molar-refractivity contribution in [3.63, 3.8) is 0 Å². The molecule has 1 rings (SSSR count). The first-order valence-corrected chi connectivity index (χ1v) is 5.22. The van der Waals surface area contributed by atoms with E-state index in [-0.39, 0.29) is 19.1 Å². The van der Waals surface area contributed by atoms with E-state index in [1.807, 2.05) is 0 Å². The fraction of sp³-hybridized carbons (Fsp3) is 0.636. The van der Waals surface area contributed by atoms with Crippen molar-refractivity contribution in [3.05, 3.63) is 0 Å². The minimum absolute atomic E-state index is 0.191. The van der Waals surface area contributed by atoms with Crippen LogP contribution in [0.3, 0.4) is 0 Å². The van der Waals surface area contributed by atoms with Gasteiger partial charge in [0, 0.05) is 20.1 Å². The second-order valence-corrected chi connectivity index (χ2v) is 3.97. The number of carboxylic acid groups (broad SMARTS) is 1. The van der Waals surface area contributed by atoms with E-state index in [1.165, 1.54) is 4.90 Å². The Labute approximate surface area is 95.0 Å². The number of carbonyl (C=O) groups excluding carboxylic acids is 1. The van der Waals surface area contributed by atoms with E-state index in [2.05, 4.69) is 5.92 Å². The zero-order chi connectivity index (χ0) is 12.1. The van der Waals surface area contributed by atoms with Gasteiger partial charge in [-0.1, -0.05) is 5.92 Å². The molecule has 0 aromatic rings. The van der Waals surface area contributed by atoms with Crippen LogP contribution in [-0.2, 0) is 4.79 Å². The quantitative estimate of drug-likeness (QED) is 0.693. The number of carbonyl (C=O) groups is 2. The molecule has 0 spiro atoms. The highest BCUT2D eigenvalue weighted by molar-refractivity contribution is 5.76. The molecule has 0 aromatic heterocycles. The Kier molecular flexibility index (Phi) is 4.18. The highest BCUT2D eigenvalue weighted by atomic mass is 16.4. The summed E-state index contributed by atoms with van der Waals surface area (Å²) in [6.07, 6.45) is 6.48. The molecule has 5 heteroatoms. The number of hydrogen-bond acceptors (Lipinski definition) is 2. The number of likely N-dealkylation sites (tertiary alicyclic amines) is 1. The van der Waals surface area contributed by atoms with Gasteiger partial charge in [-0.15, -0.1) is 6.42 Å². The van der Waals surface area contributed by atoms with Crippen LogP contribution in [0.4, 0.5) is 4.79 Å². The summed E-state index contributed by atoms with van der Waals surface area (Å²) in [6.45, 7) is 1.13. The van der Waals surface area contributed by atoms with Gasteiger partial charge in [0.05, 0.1) is 12.5 Å². The number of rotatable bonds is 2. The van der Waals surface area contributed by atoms with E-state index in [0.717, 1.165) is 6.42 Å². The first kappa shape index (κ1) is 12.4. The lowest BCUT2D eigenvalue weighted by molar-refractivity contribution is -0.143. The van der Waals surface area contributed by atoms with Crippen molar-refractivity contribution in [1.82, 2.24) is 9.80 Å². The van der Waals surface area contributed by atoms with E-state index < -0.39 is 11.9 Å². The van der Waals surface area contributed by atoms with Crippen molar-refractivity contribution in [2.75, 3.05) is 26.7 Å². The zero-order valence-electron chi connectivity index (χ0n) is 9.35. The molecule has 1 saturated heterocycles. The molecule has 1 aliphatic heterocycles. The van der Waals surface area contributed by atoms with Crippen LogP contribution < -0.4 is 0 Å². The first-order valence-electron chi connectivity index (χ1n) is 5.22. The normalized spacial score (nSPS) is 20.0. The lowest BCUT2D eigenvalue weighted by atomic mass is 9.99. The second-order valence-electron chi connectivity index (χ2n) is 3.97. The molecule has 0 unspecified atom stereocenters. The van der Waals surface area contributed by atoms with Gasteiger partial charge in [-0.25, -0.2) is 4.79 Å². The molecular weight excluding hydrogens is 208 g/mol. The fourth-order valence-corrected chi connectivity index (χ4v) is 1.80. The van der Waals surface area contributed by atoms with Gasteiger partial charge < -0.3 is 14.9 Å². The molecule has 0 saturated carbocycles. The van der Waals surface area contributed by atoms with Crippen molar-refractivity contribution in [3.8, 4) is 12.3 Å². The molecule has 0 aliphatic carbocycles. The Morgan fingerprint density at radius 3 is 2.88 bits per heavy atom. The largest absolute Gasteiger partial charge is 0.481 e. The molecule has 5 nitrogen and oxygen atoms in total. The molecule has 0 bridgehead atoms. The maximum absolute atomic E-state index is 11.8. The average molecular weight is 224 g/mol. The monoisotopic (exact) mass is 224 g/mol. The summed E-state index contributed by atoms with van der Waals surface area (Å²) in [4.78, 5) is 25.6. The van der Waals surface area contributed by atoms with Crippen LogP contribution in [0.25, 0.3) is 0 Å². The summed E-state index contributed by atoms with van der Waals surface area (Å²) >= 11 is 0. The molecule has 1 heterocycles. The number of carboxylic acids is 1. The van der Waals surface area contributed by atoms with Crippen molar-refractivity contribution < 1.29 is 14.7 Å². The van der Waals surface area contributed by atoms with Crippen LogP contribution in [0.1, 0.15) is 12.8 Å². The van der Waals surface area contributed by atoms with E-state index in [9.17, 15) is 9.59 Å². The number of hydrogen-bond donors (Lipinski definition) is 1. The van der Waals surface area contributed by atoms with Crippen molar-refractivity contribution in [2.24, 2.45) is 5.92 Å². The van der Waals surface area contributed by atoms with Crippen molar-refractivity contribution in [2.45, 2.75) is 12.8 Å². The molecule has 1 atom stereocenters. The van der Waals surface area contributed by atoms with Crippen LogP contribution in [0.5, 0.6) is 0 Å². The summed E-state index contributed by atoms with van der Waals surface area (Å²) < 4.78 is 0. The average Bonchev–Trinajstić information content (AvgIpc) is 2.28. The number of urea groups is 1. The molecule has 16 heavy (non-hydrogen) atoms. The maximum atomic E-state index is 11.8. The highest BCUT2D eigenvalue weighted by Crippen LogP contribution is 2.17. The van der Waals surface area contributed by atoms with Crippen LogP contribution in [0.15, 0.2) is 0 Å². The van der Waals surface area contributed by atoms with E-state index in [0.29, 0.717) is 13.0 Å². The Bertz CT molecular complexity index is 322. The van der Waals surface area contributed by atoms with Crippen molar-refractivity contribution in [1.29, 1.82) is 0 Å². The van der Waals surface area contributed by atoms with Gasteiger partial charge in [-0.3, -0.25) is 4.79 Å². The predicted molar refractivity (Wildman–Crippen MR) is 58.8 cm³/mol. The van der Waals surface area contributed by atoms with Crippen LogP contribution in [0, 0.1) is 18.3 Å². The Balaban J connectivity index is 2.57. The predicted octanol–water partition coefficient (Wildman–Crippen LogP) is 0.468. The minimum Gasteiger partial charge on any atom is -0.481 e. The molecular formula is C11H16N2O3. The van der Waals surface area contributed by atoms with Crippen LogP contribution >= 0.6 is 0 Å². The molecule has 1 fully saturated rings. The molecule has 2 amide bonds. The third-order valence-electron chi connectivity index (χ3n) is 2.70. The van der Waals surface area contributed by atoms with E-state index in [4.69, 9.17) is 11.5 Å². The van der Waals surface area contributed by atoms with Gasteiger partial charge in [0.2, 0.25) is 0 Å². The standard InChI is InChI=1S/C11H16N2O3/c1-3-6-12(2)11(16)13-7-4-5-9(8-13)10(14)15/h1,9H,4-8H2,2H3,(H,14,15)/t9-/m1/s1. The summed E-state index contributed by atoms with van der Waals surface area (Å²) in [7, 11) is 1.62. The SMILES string of the molecule is C#CCN(C)C(=O)N1CCC[C@@H](C(=O)O)C1.